The van der Waals surface area contributed by atoms with Crippen molar-refractivity contribution in [3.8, 4) is 0 Å². The van der Waals surface area contributed by atoms with E-state index in [9.17, 15) is 9.18 Å². The average Bonchev–Trinajstić information content (AvgIpc) is 2.70. The maximum absolute atomic E-state index is 13.1. The number of piperazine rings is 1. The first-order chi connectivity index (χ1) is 13.5. The van der Waals surface area contributed by atoms with Gasteiger partial charge >= 0.3 is 0 Å². The molecule has 28 heavy (non-hydrogen) atoms. The summed E-state index contributed by atoms with van der Waals surface area (Å²) >= 11 is 0. The molecule has 1 heterocycles. The van der Waals surface area contributed by atoms with Crippen LogP contribution in [0.2, 0.25) is 0 Å². The Morgan fingerprint density at radius 3 is 2.50 bits per heavy atom. The molecule has 1 amide bonds. The Hall–Kier alpha value is -2.35. The summed E-state index contributed by atoms with van der Waals surface area (Å²) in [6.07, 6.45) is 0.879. The third-order valence-electron chi connectivity index (χ3n) is 4.59. The Morgan fingerprint density at radius 1 is 1.21 bits per heavy atom. The van der Waals surface area contributed by atoms with Crippen LogP contribution in [0.3, 0.4) is 0 Å². The van der Waals surface area contributed by atoms with E-state index in [1.807, 2.05) is 19.1 Å². The zero-order valence-corrected chi connectivity index (χ0v) is 17.2. The molecule has 0 spiro atoms. The lowest BCUT2D eigenvalue weighted by molar-refractivity contribution is -0.127. The summed E-state index contributed by atoms with van der Waals surface area (Å²) < 4.78 is 18.5. The summed E-state index contributed by atoms with van der Waals surface area (Å²) in [6, 6.07) is 6.59. The zero-order valence-electron chi connectivity index (χ0n) is 17.2. The normalized spacial score (nSPS) is 14.9. The van der Waals surface area contributed by atoms with E-state index in [4.69, 9.17) is 4.74 Å². The van der Waals surface area contributed by atoms with E-state index in [0.717, 1.165) is 50.8 Å². The highest BCUT2D eigenvalue weighted by molar-refractivity contribution is 5.85. The minimum absolute atomic E-state index is 0.0291. The number of amides is 1. The number of likely N-dealkylation sites (N-methyl/N-ethyl adjacent to an activating group) is 1. The molecule has 0 unspecified atom stereocenters. The first-order valence-corrected chi connectivity index (χ1v) is 9.83. The summed E-state index contributed by atoms with van der Waals surface area (Å²) in [6.45, 7) is 7.45. The number of hydrogen-bond acceptors (Lipinski definition) is 4. The first kappa shape index (κ1) is 21.9. The molecule has 1 aromatic carbocycles. The topological polar surface area (TPSA) is 60.4 Å². The zero-order chi connectivity index (χ0) is 20.4. The van der Waals surface area contributed by atoms with Crippen LogP contribution < -0.4 is 10.2 Å². The van der Waals surface area contributed by atoms with Gasteiger partial charge in [-0.3, -0.25) is 4.79 Å². The van der Waals surface area contributed by atoms with E-state index in [0.29, 0.717) is 13.2 Å². The van der Waals surface area contributed by atoms with E-state index in [1.165, 1.54) is 12.1 Å². The molecule has 0 aromatic heterocycles. The van der Waals surface area contributed by atoms with Crippen molar-refractivity contribution in [3.05, 3.63) is 30.1 Å². The quantitative estimate of drug-likeness (QED) is 0.411. The standard InChI is InChI=1S/C20H32FN5O2/c1-4-28-15-5-10-22-20(23-16-19(27)24(2)3)26-13-11-25(12-14-26)18-8-6-17(21)7-9-18/h6-9H,4-5,10-16H2,1-3H3,(H,22,23). The molecule has 2 rings (SSSR count). The highest BCUT2D eigenvalue weighted by Crippen LogP contribution is 2.17. The number of carbonyl (C=O) groups is 1. The second-order valence-corrected chi connectivity index (χ2v) is 6.86. The fourth-order valence-electron chi connectivity index (χ4n) is 2.90. The van der Waals surface area contributed by atoms with Crippen molar-refractivity contribution in [2.24, 2.45) is 4.99 Å². The second-order valence-electron chi connectivity index (χ2n) is 6.86. The van der Waals surface area contributed by atoms with Crippen LogP contribution in [0.15, 0.2) is 29.3 Å². The number of hydrogen-bond donors (Lipinski definition) is 1. The maximum atomic E-state index is 13.1. The predicted octanol–water partition coefficient (Wildman–Crippen LogP) is 1.41. The smallest absolute Gasteiger partial charge is 0.243 e. The second kappa shape index (κ2) is 11.5. The van der Waals surface area contributed by atoms with Crippen LogP contribution in [-0.4, -0.2) is 88.2 Å². The Kier molecular flexibility index (Phi) is 9.00. The first-order valence-electron chi connectivity index (χ1n) is 9.83. The van der Waals surface area contributed by atoms with Crippen molar-refractivity contribution in [3.63, 3.8) is 0 Å². The molecule has 1 aromatic rings. The van der Waals surface area contributed by atoms with Crippen molar-refractivity contribution in [1.82, 2.24) is 15.1 Å². The lowest BCUT2D eigenvalue weighted by Gasteiger charge is -2.37. The molecule has 0 aliphatic carbocycles. The Labute approximate surface area is 167 Å². The van der Waals surface area contributed by atoms with Crippen LogP contribution in [0.4, 0.5) is 10.1 Å². The van der Waals surface area contributed by atoms with Crippen LogP contribution in [0, 0.1) is 5.82 Å². The maximum Gasteiger partial charge on any atom is 0.243 e. The number of guanidine groups is 1. The van der Waals surface area contributed by atoms with Gasteiger partial charge in [0.1, 0.15) is 12.4 Å². The molecular formula is C20H32FN5O2. The van der Waals surface area contributed by atoms with Gasteiger partial charge in [-0.1, -0.05) is 0 Å². The molecule has 156 valence electrons. The molecule has 1 aliphatic rings. The number of aliphatic imine (C=N–C) groups is 1. The third kappa shape index (κ3) is 6.99. The van der Waals surface area contributed by atoms with Gasteiger partial charge < -0.3 is 24.8 Å². The van der Waals surface area contributed by atoms with Crippen molar-refractivity contribution < 1.29 is 13.9 Å². The molecule has 7 nitrogen and oxygen atoms in total. The Balaban J connectivity index is 1.93. The average molecular weight is 394 g/mol. The summed E-state index contributed by atoms with van der Waals surface area (Å²) in [5.74, 6) is 0.502. The monoisotopic (exact) mass is 393 g/mol. The number of benzene rings is 1. The van der Waals surface area contributed by atoms with Gasteiger partial charge in [0.2, 0.25) is 5.91 Å². The SMILES string of the molecule is CCOCCCNC(=NCC(=O)N(C)C)N1CCN(c2ccc(F)cc2)CC1. The Bertz CT molecular complexity index is 628. The van der Waals surface area contributed by atoms with Crippen LogP contribution in [0.25, 0.3) is 0 Å². The summed E-state index contributed by atoms with van der Waals surface area (Å²) in [5.41, 5.74) is 1.02. The van der Waals surface area contributed by atoms with Crippen LogP contribution in [0.1, 0.15) is 13.3 Å². The number of rotatable bonds is 8. The Morgan fingerprint density at radius 2 is 1.89 bits per heavy atom. The number of anilines is 1. The van der Waals surface area contributed by atoms with E-state index in [1.54, 1.807) is 19.0 Å². The minimum atomic E-state index is -0.224. The van der Waals surface area contributed by atoms with Crippen molar-refractivity contribution in [2.45, 2.75) is 13.3 Å². The van der Waals surface area contributed by atoms with Gasteiger partial charge in [-0.15, -0.1) is 0 Å². The van der Waals surface area contributed by atoms with Gasteiger partial charge in [-0.05, 0) is 37.6 Å². The molecule has 1 fully saturated rings. The fraction of sp³-hybridized carbons (Fsp3) is 0.600. The van der Waals surface area contributed by atoms with Crippen LogP contribution in [0.5, 0.6) is 0 Å². The molecule has 0 atom stereocenters. The van der Waals surface area contributed by atoms with Gasteiger partial charge in [0.05, 0.1) is 0 Å². The number of nitrogens with zero attached hydrogens (tertiary/aromatic N) is 4. The van der Waals surface area contributed by atoms with Gasteiger partial charge in [0.15, 0.2) is 5.96 Å². The third-order valence-corrected chi connectivity index (χ3v) is 4.59. The minimum Gasteiger partial charge on any atom is -0.382 e. The van der Waals surface area contributed by atoms with E-state index in [2.05, 4.69) is 20.1 Å². The van der Waals surface area contributed by atoms with Crippen LogP contribution in [-0.2, 0) is 9.53 Å². The summed E-state index contributed by atoms with van der Waals surface area (Å²) in [5, 5.41) is 3.36. The van der Waals surface area contributed by atoms with Gasteiger partial charge in [0.25, 0.3) is 0 Å². The molecular weight excluding hydrogens is 361 g/mol. The molecule has 0 saturated carbocycles. The highest BCUT2D eigenvalue weighted by atomic mass is 19.1. The van der Waals surface area contributed by atoms with E-state index < -0.39 is 0 Å². The predicted molar refractivity (Wildman–Crippen MR) is 110 cm³/mol. The van der Waals surface area contributed by atoms with Gasteiger partial charge in [0, 0.05) is 65.7 Å². The number of carbonyl (C=O) groups excluding carboxylic acids is 1. The lowest BCUT2D eigenvalue weighted by atomic mass is 10.2. The van der Waals surface area contributed by atoms with E-state index in [-0.39, 0.29) is 18.3 Å². The number of ether oxygens (including phenoxy) is 1. The van der Waals surface area contributed by atoms with Crippen molar-refractivity contribution in [1.29, 1.82) is 0 Å². The summed E-state index contributed by atoms with van der Waals surface area (Å²) in [4.78, 5) is 22.4. The molecule has 0 bridgehead atoms. The molecule has 1 N–H and O–H groups in total. The van der Waals surface area contributed by atoms with Crippen molar-refractivity contribution >= 4 is 17.6 Å². The summed E-state index contributed by atoms with van der Waals surface area (Å²) in [7, 11) is 3.46. The molecule has 0 radical (unpaired) electrons. The molecule has 8 heteroatoms. The van der Waals surface area contributed by atoms with Crippen molar-refractivity contribution in [2.75, 3.05) is 71.5 Å². The fourth-order valence-corrected chi connectivity index (χ4v) is 2.90. The number of nitrogens with one attached hydrogen (secondary N) is 1. The highest BCUT2D eigenvalue weighted by Gasteiger charge is 2.20. The number of halogens is 1. The van der Waals surface area contributed by atoms with Gasteiger partial charge in [-0.2, -0.15) is 0 Å². The molecule has 1 saturated heterocycles. The molecule has 1 aliphatic heterocycles. The van der Waals surface area contributed by atoms with E-state index >= 15 is 0 Å². The van der Waals surface area contributed by atoms with Gasteiger partial charge in [-0.25, -0.2) is 9.38 Å². The largest absolute Gasteiger partial charge is 0.382 e. The lowest BCUT2D eigenvalue weighted by Crippen LogP contribution is -2.53. The van der Waals surface area contributed by atoms with Crippen LogP contribution >= 0.6 is 0 Å².